The molecule has 0 radical (unpaired) electrons. The van der Waals surface area contributed by atoms with E-state index >= 15 is 0 Å². The van der Waals surface area contributed by atoms with Gasteiger partial charge in [-0.15, -0.1) is 0 Å². The van der Waals surface area contributed by atoms with Gasteiger partial charge in [-0.05, 0) is 133 Å². The lowest BCUT2D eigenvalue weighted by Crippen LogP contribution is -2.43. The first kappa shape index (κ1) is 28.3. The van der Waals surface area contributed by atoms with E-state index in [1.54, 1.807) is 33.7 Å². The van der Waals surface area contributed by atoms with Crippen LogP contribution >= 0.6 is 0 Å². The van der Waals surface area contributed by atoms with Crippen LogP contribution in [0.2, 0.25) is 0 Å². The van der Waals surface area contributed by atoms with Crippen LogP contribution in [0.15, 0.2) is 136 Å². The second-order valence-corrected chi connectivity index (χ2v) is 16.0. The molecule has 0 N–H and O–H groups in total. The highest BCUT2D eigenvalue weighted by atomic mass is 15.2. The third-order valence-electron chi connectivity index (χ3n) is 13.4. The average Bonchev–Trinajstić information content (AvgIpc) is 3.71. The molecule has 7 aliphatic carbocycles. The summed E-state index contributed by atoms with van der Waals surface area (Å²) in [7, 11) is 0. The van der Waals surface area contributed by atoms with Crippen LogP contribution in [0.5, 0.6) is 0 Å². The monoisotopic (exact) mass is 616 g/mol. The Morgan fingerprint density at radius 3 is 2.60 bits per heavy atom. The predicted octanol–water partition coefficient (Wildman–Crippen LogP) is 10.6. The Hall–Kier alpha value is -3.78. The van der Waals surface area contributed by atoms with Gasteiger partial charge in [0.05, 0.1) is 6.04 Å². The molecule has 6 atom stereocenters. The molecule has 2 nitrogen and oxygen atoms in total. The van der Waals surface area contributed by atoms with E-state index in [4.69, 9.17) is 0 Å². The highest BCUT2D eigenvalue weighted by Gasteiger charge is 2.47. The fourth-order valence-corrected chi connectivity index (χ4v) is 11.2. The summed E-state index contributed by atoms with van der Waals surface area (Å²) in [5.74, 6) is 1.69. The van der Waals surface area contributed by atoms with Gasteiger partial charge in [-0.1, -0.05) is 92.8 Å². The van der Waals surface area contributed by atoms with Gasteiger partial charge < -0.3 is 9.80 Å². The van der Waals surface area contributed by atoms with E-state index < -0.39 is 0 Å². The fraction of sp³-hybridized carbons (Fsp3) is 0.422. The lowest BCUT2D eigenvalue weighted by Gasteiger charge is -2.41. The van der Waals surface area contributed by atoms with Gasteiger partial charge in [-0.25, -0.2) is 0 Å². The summed E-state index contributed by atoms with van der Waals surface area (Å²) in [5, 5.41) is 0. The van der Waals surface area contributed by atoms with E-state index in [2.05, 4.69) is 121 Å². The predicted molar refractivity (Wildman–Crippen MR) is 195 cm³/mol. The molecule has 10 rings (SSSR count). The summed E-state index contributed by atoms with van der Waals surface area (Å²) < 4.78 is 0. The van der Waals surface area contributed by atoms with E-state index in [1.165, 1.54) is 67.3 Å². The molecule has 47 heavy (non-hydrogen) atoms. The number of anilines is 1. The molecule has 0 spiro atoms. The van der Waals surface area contributed by atoms with Crippen LogP contribution in [0.4, 0.5) is 5.69 Å². The first-order chi connectivity index (χ1) is 23.1. The second kappa shape index (κ2) is 10.6. The number of fused-ring (bicyclic) bond motifs is 7. The molecule has 2 heterocycles. The molecular formula is C45H48N2. The standard InChI is InChI=1S/C45H48N2/c1-45(2)39-17-9-6-14-33(39)34-23-22-32(28-40(34)45)47-42-19-11-8-16-36(42)38-27-30(21-25-44(38)47)29-20-24-43-37(26-29)35-15-7-10-18-41(35)46(43)31-12-4-3-5-13-31/h3-4,6-9,14-17,20-23,27-28,31,33,37,39,43-44H,5,10-13,18-19,24-26H2,1-2H3. The van der Waals surface area contributed by atoms with Crippen molar-refractivity contribution in [3.8, 4) is 0 Å². The molecular weight excluding hydrogens is 569 g/mol. The largest absolute Gasteiger partial charge is 0.367 e. The van der Waals surface area contributed by atoms with Crippen molar-refractivity contribution < 1.29 is 0 Å². The van der Waals surface area contributed by atoms with E-state index in [-0.39, 0.29) is 5.41 Å². The Kier molecular flexibility index (Phi) is 6.38. The minimum atomic E-state index is 0.136. The Morgan fingerprint density at radius 1 is 0.830 bits per heavy atom. The third kappa shape index (κ3) is 4.15. The normalized spacial score (nSPS) is 34.0. The van der Waals surface area contributed by atoms with Crippen LogP contribution in [-0.4, -0.2) is 23.0 Å². The van der Waals surface area contributed by atoms with Crippen molar-refractivity contribution in [1.82, 2.24) is 4.90 Å². The highest BCUT2D eigenvalue weighted by molar-refractivity contribution is 5.72. The number of benzene rings is 1. The minimum Gasteiger partial charge on any atom is -0.367 e. The Balaban J connectivity index is 0.970. The smallest absolute Gasteiger partial charge is 0.0630 e. The molecule has 2 aliphatic heterocycles. The van der Waals surface area contributed by atoms with Gasteiger partial charge in [0.25, 0.3) is 0 Å². The van der Waals surface area contributed by atoms with Crippen LogP contribution in [0.1, 0.15) is 95.1 Å². The van der Waals surface area contributed by atoms with Crippen LogP contribution < -0.4 is 4.90 Å². The molecule has 0 amide bonds. The van der Waals surface area contributed by atoms with E-state index in [0.717, 1.165) is 19.3 Å². The maximum atomic E-state index is 2.92. The summed E-state index contributed by atoms with van der Waals surface area (Å²) in [6.07, 6.45) is 43.8. The highest BCUT2D eigenvalue weighted by Crippen LogP contribution is 2.55. The average molecular weight is 617 g/mol. The quantitative estimate of drug-likeness (QED) is 0.312. The number of hydrogen-bond donors (Lipinski definition) is 0. The molecule has 1 aromatic rings. The van der Waals surface area contributed by atoms with Gasteiger partial charge in [-0.2, -0.15) is 0 Å². The van der Waals surface area contributed by atoms with Crippen LogP contribution in [-0.2, 0) is 5.41 Å². The topological polar surface area (TPSA) is 6.48 Å². The van der Waals surface area contributed by atoms with Crippen LogP contribution in [0.25, 0.3) is 0 Å². The lowest BCUT2D eigenvalue weighted by molar-refractivity contribution is 0.157. The van der Waals surface area contributed by atoms with Crippen molar-refractivity contribution in [2.45, 2.75) is 108 Å². The van der Waals surface area contributed by atoms with Crippen molar-refractivity contribution in [2.24, 2.45) is 11.8 Å². The maximum Gasteiger partial charge on any atom is 0.0630 e. The van der Waals surface area contributed by atoms with E-state index in [9.17, 15) is 0 Å². The summed E-state index contributed by atoms with van der Waals surface area (Å²) >= 11 is 0. The molecule has 0 bridgehead atoms. The summed E-state index contributed by atoms with van der Waals surface area (Å²) in [5.41, 5.74) is 15.6. The van der Waals surface area contributed by atoms with Gasteiger partial charge in [0, 0.05) is 41.0 Å². The van der Waals surface area contributed by atoms with Gasteiger partial charge in [0.2, 0.25) is 0 Å². The van der Waals surface area contributed by atoms with Gasteiger partial charge >= 0.3 is 0 Å². The van der Waals surface area contributed by atoms with Crippen molar-refractivity contribution in [1.29, 1.82) is 0 Å². The Labute approximate surface area is 281 Å². The summed E-state index contributed by atoms with van der Waals surface area (Å²) in [4.78, 5) is 5.66. The summed E-state index contributed by atoms with van der Waals surface area (Å²) in [6, 6.07) is 9.20. The van der Waals surface area contributed by atoms with E-state index in [0.29, 0.717) is 35.9 Å². The number of hydrogen-bond acceptors (Lipinski definition) is 2. The first-order valence-corrected chi connectivity index (χ1v) is 18.7. The number of rotatable bonds is 3. The SMILES string of the molecule is CC1(C)c2cc(N3C4=C(C=CCC4)C4=CC(C5=CCC6C(C5)C5=C(CCC=C5)N6C5CC=CCC5)=CCC43)ccc2C2C=CC=CC21. The molecule has 2 heteroatoms. The minimum absolute atomic E-state index is 0.136. The number of nitrogens with zero attached hydrogens (tertiary/aromatic N) is 2. The van der Waals surface area contributed by atoms with Crippen molar-refractivity contribution in [2.75, 3.05) is 4.90 Å². The van der Waals surface area contributed by atoms with Crippen molar-refractivity contribution >= 4 is 5.69 Å². The zero-order chi connectivity index (χ0) is 31.3. The molecule has 9 aliphatic rings. The maximum absolute atomic E-state index is 2.92. The zero-order valence-corrected chi connectivity index (χ0v) is 28.2. The Morgan fingerprint density at radius 2 is 1.70 bits per heavy atom. The molecule has 0 saturated carbocycles. The molecule has 6 unspecified atom stereocenters. The fourth-order valence-electron chi connectivity index (χ4n) is 11.2. The lowest BCUT2D eigenvalue weighted by atomic mass is 9.74. The van der Waals surface area contributed by atoms with Crippen molar-refractivity contribution in [3.05, 3.63) is 148 Å². The van der Waals surface area contributed by atoms with Crippen LogP contribution in [0.3, 0.4) is 0 Å². The van der Waals surface area contributed by atoms with Gasteiger partial charge in [-0.3, -0.25) is 0 Å². The van der Waals surface area contributed by atoms with Gasteiger partial charge in [0.1, 0.15) is 0 Å². The Bertz CT molecular complexity index is 1860. The second-order valence-electron chi connectivity index (χ2n) is 16.0. The molecule has 0 fully saturated rings. The first-order valence-electron chi connectivity index (χ1n) is 18.7. The van der Waals surface area contributed by atoms with E-state index in [1.807, 2.05) is 0 Å². The zero-order valence-electron chi connectivity index (χ0n) is 28.2. The number of allylic oxidation sites excluding steroid dienone is 14. The van der Waals surface area contributed by atoms with Gasteiger partial charge in [0.15, 0.2) is 0 Å². The van der Waals surface area contributed by atoms with Crippen LogP contribution in [0, 0.1) is 11.8 Å². The molecule has 0 saturated heterocycles. The van der Waals surface area contributed by atoms with Crippen molar-refractivity contribution in [3.63, 3.8) is 0 Å². The molecule has 0 aromatic heterocycles. The third-order valence-corrected chi connectivity index (χ3v) is 13.4. The summed E-state index contributed by atoms with van der Waals surface area (Å²) in [6.45, 7) is 4.92. The molecule has 1 aromatic carbocycles. The molecule has 238 valence electrons.